The van der Waals surface area contributed by atoms with Crippen molar-refractivity contribution in [2.75, 3.05) is 0 Å². The summed E-state index contributed by atoms with van der Waals surface area (Å²) in [6.45, 7) is 2.06. The predicted molar refractivity (Wildman–Crippen MR) is 85.1 cm³/mol. The van der Waals surface area contributed by atoms with Crippen LogP contribution in [-0.4, -0.2) is 10.5 Å². The molecule has 1 aliphatic rings. The van der Waals surface area contributed by atoms with E-state index in [1.54, 1.807) is 11.3 Å². The number of aryl methyl sites for hydroxylation is 1. The van der Waals surface area contributed by atoms with Crippen LogP contribution in [0.2, 0.25) is 0 Å². The number of benzene rings is 1. The number of aromatic nitrogens is 1. The minimum absolute atomic E-state index is 0.0498. The molecule has 0 unspecified atom stereocenters. The number of hydrogen-bond acceptors (Lipinski definition) is 3. The molecule has 106 valence electrons. The van der Waals surface area contributed by atoms with Gasteiger partial charge >= 0.3 is 0 Å². The van der Waals surface area contributed by atoms with E-state index in [0.29, 0.717) is 5.92 Å². The van der Waals surface area contributed by atoms with E-state index >= 15 is 0 Å². The molecule has 1 aromatic carbocycles. The molecule has 0 aliphatic heterocycles. The van der Waals surface area contributed by atoms with Crippen LogP contribution >= 0.6 is 11.3 Å². The molecule has 1 heterocycles. The fraction of sp³-hybridized carbons (Fsp3) is 0.471. The van der Waals surface area contributed by atoms with Gasteiger partial charge in [-0.1, -0.05) is 30.3 Å². The highest BCUT2D eigenvalue weighted by Gasteiger charge is 2.32. The van der Waals surface area contributed by atoms with E-state index < -0.39 is 0 Å². The normalized spacial score (nSPS) is 26.6. The van der Waals surface area contributed by atoms with Crippen molar-refractivity contribution in [3.63, 3.8) is 0 Å². The molecule has 20 heavy (non-hydrogen) atoms. The van der Waals surface area contributed by atoms with Gasteiger partial charge in [-0.3, -0.25) is 0 Å². The average molecular weight is 286 g/mol. The van der Waals surface area contributed by atoms with Gasteiger partial charge in [0.05, 0.1) is 10.7 Å². The molecule has 0 spiro atoms. The Kier molecular flexibility index (Phi) is 3.90. The van der Waals surface area contributed by atoms with E-state index in [0.717, 1.165) is 24.3 Å². The minimum atomic E-state index is -0.0498. The maximum Gasteiger partial charge on any atom is 0.0897 e. The highest BCUT2D eigenvalue weighted by molar-refractivity contribution is 7.09. The second-order valence-electron chi connectivity index (χ2n) is 6.08. The van der Waals surface area contributed by atoms with Crippen LogP contribution in [0.1, 0.15) is 47.9 Å². The molecule has 3 rings (SSSR count). The van der Waals surface area contributed by atoms with E-state index in [1.165, 1.54) is 24.1 Å². The van der Waals surface area contributed by atoms with Crippen molar-refractivity contribution in [1.29, 1.82) is 0 Å². The maximum atomic E-state index is 6.61. The Bertz CT molecular complexity index is 553. The summed E-state index contributed by atoms with van der Waals surface area (Å²) in [5.74, 6) is 0.685. The largest absolute Gasteiger partial charge is 0.325 e. The lowest BCUT2D eigenvalue weighted by Crippen LogP contribution is -2.45. The van der Waals surface area contributed by atoms with Crippen LogP contribution in [0.4, 0.5) is 0 Å². The summed E-state index contributed by atoms with van der Waals surface area (Å²) in [4.78, 5) is 4.57. The fourth-order valence-corrected chi connectivity index (χ4v) is 3.89. The lowest BCUT2D eigenvalue weighted by atomic mass is 9.73. The molecule has 1 fully saturated rings. The van der Waals surface area contributed by atoms with E-state index in [1.807, 2.05) is 0 Å². The van der Waals surface area contributed by atoms with Crippen LogP contribution in [0.25, 0.3) is 0 Å². The first kappa shape index (κ1) is 13.8. The van der Waals surface area contributed by atoms with E-state index in [-0.39, 0.29) is 5.54 Å². The lowest BCUT2D eigenvalue weighted by molar-refractivity contribution is 0.269. The fourth-order valence-electron chi connectivity index (χ4n) is 3.28. The number of nitrogens with two attached hydrogens (primary N) is 1. The summed E-state index contributed by atoms with van der Waals surface area (Å²) in [5, 5.41) is 3.30. The molecule has 0 bridgehead atoms. The van der Waals surface area contributed by atoms with E-state index in [2.05, 4.69) is 47.6 Å². The van der Waals surface area contributed by atoms with Crippen LogP contribution in [-0.2, 0) is 6.42 Å². The molecule has 0 amide bonds. The molecule has 2 N–H and O–H groups in total. The van der Waals surface area contributed by atoms with Crippen molar-refractivity contribution in [3.8, 4) is 0 Å². The number of nitrogens with zero attached hydrogens (tertiary/aromatic N) is 1. The van der Waals surface area contributed by atoms with Gasteiger partial charge in [0.25, 0.3) is 0 Å². The SMILES string of the molecule is Cc1nc(CC2(N)CCC(c3ccccc3)CC2)cs1. The molecular weight excluding hydrogens is 264 g/mol. The van der Waals surface area contributed by atoms with Crippen LogP contribution in [0.15, 0.2) is 35.7 Å². The molecule has 0 saturated heterocycles. The summed E-state index contributed by atoms with van der Waals surface area (Å²) < 4.78 is 0. The molecule has 0 atom stereocenters. The van der Waals surface area contributed by atoms with Crippen LogP contribution in [0, 0.1) is 6.92 Å². The van der Waals surface area contributed by atoms with Crippen molar-refractivity contribution in [2.24, 2.45) is 5.73 Å². The van der Waals surface area contributed by atoms with Crippen LogP contribution in [0.3, 0.4) is 0 Å². The van der Waals surface area contributed by atoms with Gasteiger partial charge in [-0.2, -0.15) is 0 Å². The molecule has 2 aromatic rings. The predicted octanol–water partition coefficient (Wildman–Crippen LogP) is 4.05. The molecule has 1 saturated carbocycles. The van der Waals surface area contributed by atoms with Crippen molar-refractivity contribution >= 4 is 11.3 Å². The Morgan fingerprint density at radius 1 is 1.25 bits per heavy atom. The lowest BCUT2D eigenvalue weighted by Gasteiger charge is -2.37. The van der Waals surface area contributed by atoms with Crippen molar-refractivity contribution in [3.05, 3.63) is 52.0 Å². The molecule has 1 aliphatic carbocycles. The highest BCUT2D eigenvalue weighted by atomic mass is 32.1. The van der Waals surface area contributed by atoms with Crippen molar-refractivity contribution < 1.29 is 0 Å². The number of thiazole rings is 1. The van der Waals surface area contributed by atoms with Gasteiger partial charge in [0.2, 0.25) is 0 Å². The zero-order valence-electron chi connectivity index (χ0n) is 12.0. The third kappa shape index (κ3) is 3.10. The van der Waals surface area contributed by atoms with Gasteiger partial charge in [-0.15, -0.1) is 11.3 Å². The topological polar surface area (TPSA) is 38.9 Å². The first-order valence-corrected chi connectivity index (χ1v) is 8.27. The molecule has 0 radical (unpaired) electrons. The summed E-state index contributed by atoms with van der Waals surface area (Å²) in [6, 6.07) is 10.9. The Morgan fingerprint density at radius 3 is 2.55 bits per heavy atom. The second kappa shape index (κ2) is 5.66. The first-order valence-electron chi connectivity index (χ1n) is 7.39. The van der Waals surface area contributed by atoms with E-state index in [9.17, 15) is 0 Å². The zero-order valence-corrected chi connectivity index (χ0v) is 12.8. The Labute approximate surface area is 125 Å². The van der Waals surface area contributed by atoms with Gasteiger partial charge in [-0.25, -0.2) is 4.98 Å². The Morgan fingerprint density at radius 2 is 1.95 bits per heavy atom. The standard InChI is InChI=1S/C17H22N2S/c1-13-19-16(12-20-13)11-17(18)9-7-15(8-10-17)14-5-3-2-4-6-14/h2-6,12,15H,7-11,18H2,1H3. The number of rotatable bonds is 3. The zero-order chi connectivity index (χ0) is 14.0. The average Bonchev–Trinajstić information content (AvgIpc) is 2.85. The monoisotopic (exact) mass is 286 g/mol. The molecule has 2 nitrogen and oxygen atoms in total. The van der Waals surface area contributed by atoms with E-state index in [4.69, 9.17) is 5.73 Å². The first-order chi connectivity index (χ1) is 9.65. The number of hydrogen-bond donors (Lipinski definition) is 1. The van der Waals surface area contributed by atoms with Gasteiger partial charge in [0, 0.05) is 17.3 Å². The van der Waals surface area contributed by atoms with Gasteiger partial charge in [0.1, 0.15) is 0 Å². The second-order valence-corrected chi connectivity index (χ2v) is 7.14. The minimum Gasteiger partial charge on any atom is -0.325 e. The van der Waals surface area contributed by atoms with Crippen molar-refractivity contribution in [1.82, 2.24) is 4.98 Å². The summed E-state index contributed by atoms with van der Waals surface area (Å²) in [6.07, 6.45) is 5.53. The third-order valence-electron chi connectivity index (χ3n) is 4.45. The van der Waals surface area contributed by atoms with Crippen LogP contribution < -0.4 is 5.73 Å². The van der Waals surface area contributed by atoms with Gasteiger partial charge < -0.3 is 5.73 Å². The van der Waals surface area contributed by atoms with Gasteiger partial charge in [0.15, 0.2) is 0 Å². The quantitative estimate of drug-likeness (QED) is 0.924. The third-order valence-corrected chi connectivity index (χ3v) is 5.27. The van der Waals surface area contributed by atoms with Crippen LogP contribution in [0.5, 0.6) is 0 Å². The summed E-state index contributed by atoms with van der Waals surface area (Å²) in [7, 11) is 0. The molecule has 1 aromatic heterocycles. The molecular formula is C17H22N2S. The highest BCUT2D eigenvalue weighted by Crippen LogP contribution is 2.38. The van der Waals surface area contributed by atoms with Gasteiger partial charge in [-0.05, 0) is 44.1 Å². The summed E-state index contributed by atoms with van der Waals surface area (Å²) in [5.41, 5.74) is 9.20. The maximum absolute atomic E-state index is 6.61. The summed E-state index contributed by atoms with van der Waals surface area (Å²) >= 11 is 1.72. The van der Waals surface area contributed by atoms with Crippen molar-refractivity contribution in [2.45, 2.75) is 50.5 Å². The smallest absolute Gasteiger partial charge is 0.0897 e. The molecule has 3 heteroatoms. The Balaban J connectivity index is 1.62. The Hall–Kier alpha value is -1.19.